The van der Waals surface area contributed by atoms with Crippen molar-refractivity contribution in [2.75, 3.05) is 5.32 Å². The molecule has 0 aliphatic rings. The first-order chi connectivity index (χ1) is 9.38. The van der Waals surface area contributed by atoms with Crippen molar-refractivity contribution in [2.24, 2.45) is 0 Å². The molecule has 0 heterocycles. The molecule has 0 bridgehead atoms. The fraction of sp³-hybridized carbons (Fsp3) is 0.250. The summed E-state index contributed by atoms with van der Waals surface area (Å²) < 4.78 is 40.0. The van der Waals surface area contributed by atoms with Crippen LogP contribution in [0.25, 0.3) is 0 Å². The summed E-state index contributed by atoms with van der Waals surface area (Å²) in [6, 6.07) is 6.87. The van der Waals surface area contributed by atoms with E-state index in [1.165, 1.54) is 0 Å². The van der Waals surface area contributed by atoms with E-state index in [1.807, 2.05) is 32.0 Å². The molecule has 106 valence electrons. The van der Waals surface area contributed by atoms with Crippen LogP contribution in [0.15, 0.2) is 30.3 Å². The summed E-state index contributed by atoms with van der Waals surface area (Å²) in [6.07, 6.45) is 0. The zero-order valence-corrected chi connectivity index (χ0v) is 11.6. The number of anilines is 1. The SMILES string of the molecule is Cc1ccc(C(C)Nc2c(F)cc(F)cc2F)cc1C. The first-order valence-corrected chi connectivity index (χ1v) is 6.36. The Morgan fingerprint density at radius 2 is 1.50 bits per heavy atom. The number of rotatable bonds is 3. The number of hydrogen-bond donors (Lipinski definition) is 1. The molecule has 0 saturated carbocycles. The summed E-state index contributed by atoms with van der Waals surface area (Å²) in [7, 11) is 0. The maximum absolute atomic E-state index is 13.6. The topological polar surface area (TPSA) is 12.0 Å². The normalized spacial score (nSPS) is 12.3. The third-order valence-corrected chi connectivity index (χ3v) is 3.40. The summed E-state index contributed by atoms with van der Waals surface area (Å²) in [4.78, 5) is 0. The van der Waals surface area contributed by atoms with Crippen LogP contribution in [0.4, 0.5) is 18.9 Å². The van der Waals surface area contributed by atoms with Crippen molar-refractivity contribution < 1.29 is 13.2 Å². The highest BCUT2D eigenvalue weighted by atomic mass is 19.1. The van der Waals surface area contributed by atoms with Gasteiger partial charge in [-0.1, -0.05) is 18.2 Å². The van der Waals surface area contributed by atoms with Gasteiger partial charge in [-0.15, -0.1) is 0 Å². The quantitative estimate of drug-likeness (QED) is 0.843. The van der Waals surface area contributed by atoms with Crippen LogP contribution in [-0.2, 0) is 0 Å². The highest BCUT2D eigenvalue weighted by molar-refractivity contribution is 5.48. The number of hydrogen-bond acceptors (Lipinski definition) is 1. The molecule has 0 fully saturated rings. The highest BCUT2D eigenvalue weighted by Crippen LogP contribution is 2.26. The van der Waals surface area contributed by atoms with Gasteiger partial charge >= 0.3 is 0 Å². The molecule has 0 aromatic heterocycles. The molecule has 1 N–H and O–H groups in total. The monoisotopic (exact) mass is 279 g/mol. The van der Waals surface area contributed by atoms with Crippen LogP contribution in [0, 0.1) is 31.3 Å². The van der Waals surface area contributed by atoms with Crippen LogP contribution in [0.1, 0.15) is 29.7 Å². The van der Waals surface area contributed by atoms with Gasteiger partial charge in [0.2, 0.25) is 0 Å². The molecule has 2 rings (SSSR count). The lowest BCUT2D eigenvalue weighted by Crippen LogP contribution is -2.10. The Morgan fingerprint density at radius 3 is 2.05 bits per heavy atom. The van der Waals surface area contributed by atoms with E-state index in [0.717, 1.165) is 16.7 Å². The van der Waals surface area contributed by atoms with Gasteiger partial charge in [-0.05, 0) is 37.5 Å². The molecule has 1 atom stereocenters. The van der Waals surface area contributed by atoms with Gasteiger partial charge in [0, 0.05) is 18.2 Å². The van der Waals surface area contributed by atoms with Crippen molar-refractivity contribution >= 4 is 5.69 Å². The lowest BCUT2D eigenvalue weighted by Gasteiger charge is -2.18. The zero-order valence-electron chi connectivity index (χ0n) is 11.6. The summed E-state index contributed by atoms with van der Waals surface area (Å²) in [5.74, 6) is -2.79. The molecule has 2 aromatic rings. The lowest BCUT2D eigenvalue weighted by molar-refractivity contribution is 0.545. The lowest BCUT2D eigenvalue weighted by atomic mass is 10.0. The fourth-order valence-corrected chi connectivity index (χ4v) is 2.01. The molecule has 1 nitrogen and oxygen atoms in total. The van der Waals surface area contributed by atoms with E-state index in [9.17, 15) is 13.2 Å². The van der Waals surface area contributed by atoms with Gasteiger partial charge in [0.05, 0.1) is 0 Å². The molecule has 0 aliphatic carbocycles. The largest absolute Gasteiger partial charge is 0.374 e. The summed E-state index contributed by atoms with van der Waals surface area (Å²) in [5, 5.41) is 2.75. The Morgan fingerprint density at radius 1 is 0.900 bits per heavy atom. The Hall–Kier alpha value is -1.97. The average molecular weight is 279 g/mol. The van der Waals surface area contributed by atoms with Crippen molar-refractivity contribution in [3.05, 3.63) is 64.5 Å². The van der Waals surface area contributed by atoms with Crippen molar-refractivity contribution in [3.63, 3.8) is 0 Å². The molecule has 1 unspecified atom stereocenters. The van der Waals surface area contributed by atoms with Crippen molar-refractivity contribution in [1.29, 1.82) is 0 Å². The fourth-order valence-electron chi connectivity index (χ4n) is 2.01. The Kier molecular flexibility index (Phi) is 4.02. The standard InChI is InChI=1S/C16H16F3N/c1-9-4-5-12(6-10(9)2)11(3)20-16-14(18)7-13(17)8-15(16)19/h4-8,11,20H,1-3H3. The smallest absolute Gasteiger partial charge is 0.152 e. The summed E-state index contributed by atoms with van der Waals surface area (Å²) in [6.45, 7) is 5.77. The Bertz CT molecular complexity index is 615. The van der Waals surface area contributed by atoms with E-state index < -0.39 is 17.5 Å². The van der Waals surface area contributed by atoms with E-state index in [-0.39, 0.29) is 11.7 Å². The maximum atomic E-state index is 13.6. The first-order valence-electron chi connectivity index (χ1n) is 6.36. The molecule has 20 heavy (non-hydrogen) atoms. The highest BCUT2D eigenvalue weighted by Gasteiger charge is 2.15. The molecule has 0 aliphatic heterocycles. The Labute approximate surface area is 116 Å². The van der Waals surface area contributed by atoms with Crippen molar-refractivity contribution in [1.82, 2.24) is 0 Å². The minimum atomic E-state index is -0.932. The van der Waals surface area contributed by atoms with E-state index in [4.69, 9.17) is 0 Å². The maximum Gasteiger partial charge on any atom is 0.152 e. The number of nitrogens with one attached hydrogen (secondary N) is 1. The van der Waals surface area contributed by atoms with E-state index in [2.05, 4.69) is 5.32 Å². The van der Waals surface area contributed by atoms with Gasteiger partial charge in [0.25, 0.3) is 0 Å². The van der Waals surface area contributed by atoms with Gasteiger partial charge in [-0.3, -0.25) is 0 Å². The van der Waals surface area contributed by atoms with E-state index in [0.29, 0.717) is 12.1 Å². The van der Waals surface area contributed by atoms with Crippen LogP contribution in [0.5, 0.6) is 0 Å². The molecule has 2 aromatic carbocycles. The minimum Gasteiger partial charge on any atom is -0.374 e. The van der Waals surface area contributed by atoms with E-state index >= 15 is 0 Å². The van der Waals surface area contributed by atoms with Crippen LogP contribution in [-0.4, -0.2) is 0 Å². The third-order valence-electron chi connectivity index (χ3n) is 3.40. The van der Waals surface area contributed by atoms with Crippen LogP contribution in [0.3, 0.4) is 0 Å². The second-order valence-corrected chi connectivity index (χ2v) is 4.95. The number of benzene rings is 2. The third kappa shape index (κ3) is 2.95. The van der Waals surface area contributed by atoms with Crippen molar-refractivity contribution in [2.45, 2.75) is 26.8 Å². The van der Waals surface area contributed by atoms with Crippen LogP contribution < -0.4 is 5.32 Å². The number of aryl methyl sites for hydroxylation is 2. The van der Waals surface area contributed by atoms with Crippen molar-refractivity contribution in [3.8, 4) is 0 Å². The predicted molar refractivity (Wildman–Crippen MR) is 74.3 cm³/mol. The van der Waals surface area contributed by atoms with Gasteiger partial charge in [0.15, 0.2) is 11.6 Å². The molecule has 0 saturated heterocycles. The molecule has 0 radical (unpaired) electrons. The number of halogens is 3. The molecule has 0 amide bonds. The van der Waals surface area contributed by atoms with Gasteiger partial charge in [-0.2, -0.15) is 0 Å². The van der Waals surface area contributed by atoms with E-state index in [1.54, 1.807) is 6.92 Å². The van der Waals surface area contributed by atoms with Gasteiger partial charge in [0.1, 0.15) is 11.5 Å². The molecule has 0 spiro atoms. The summed E-state index contributed by atoms with van der Waals surface area (Å²) in [5.41, 5.74) is 2.87. The first kappa shape index (κ1) is 14.4. The second-order valence-electron chi connectivity index (χ2n) is 4.95. The molecule has 4 heteroatoms. The summed E-state index contributed by atoms with van der Waals surface area (Å²) >= 11 is 0. The zero-order chi connectivity index (χ0) is 14.9. The average Bonchev–Trinajstić information content (AvgIpc) is 2.36. The van der Waals surface area contributed by atoms with Crippen LogP contribution in [0.2, 0.25) is 0 Å². The second kappa shape index (κ2) is 5.57. The molecular formula is C16H16F3N. The van der Waals surface area contributed by atoms with Gasteiger partial charge < -0.3 is 5.32 Å². The van der Waals surface area contributed by atoms with Crippen LogP contribution >= 0.6 is 0 Å². The minimum absolute atomic E-state index is 0.288. The predicted octanol–water partition coefficient (Wildman–Crippen LogP) is 4.89. The molecular weight excluding hydrogens is 263 g/mol. The van der Waals surface area contributed by atoms with Gasteiger partial charge in [-0.25, -0.2) is 13.2 Å². The Balaban J connectivity index is 2.27.